The van der Waals surface area contributed by atoms with Gasteiger partial charge in [-0.05, 0) is 30.7 Å². The molecule has 1 aromatic rings. The molecule has 0 bridgehead atoms. The number of hydrogen-bond acceptors (Lipinski definition) is 4. The van der Waals surface area contributed by atoms with Crippen molar-refractivity contribution in [3.63, 3.8) is 0 Å². The molecule has 21 heavy (non-hydrogen) atoms. The minimum Gasteiger partial charge on any atom is -0.274 e. The second-order valence-electron chi connectivity index (χ2n) is 5.89. The lowest BCUT2D eigenvalue weighted by atomic mass is 9.86. The molecule has 2 saturated heterocycles. The molecule has 0 radical (unpaired) electrons. The van der Waals surface area contributed by atoms with Crippen LogP contribution in [0.15, 0.2) is 24.4 Å². The van der Waals surface area contributed by atoms with Crippen LogP contribution < -0.4 is 0 Å². The lowest BCUT2D eigenvalue weighted by molar-refractivity contribution is -0.144. The lowest BCUT2D eigenvalue weighted by Crippen LogP contribution is -2.38. The van der Waals surface area contributed by atoms with E-state index in [0.717, 1.165) is 36.5 Å². The molecule has 2 aliphatic heterocycles. The number of aromatic nitrogens is 1. The summed E-state index contributed by atoms with van der Waals surface area (Å²) in [4.78, 5) is 31.3. The number of carbonyl (C=O) groups excluding carboxylic acids is 2. The van der Waals surface area contributed by atoms with E-state index >= 15 is 0 Å². The van der Waals surface area contributed by atoms with Crippen LogP contribution in [0.1, 0.15) is 44.3 Å². The zero-order valence-corrected chi connectivity index (χ0v) is 13.1. The van der Waals surface area contributed by atoms with Gasteiger partial charge < -0.3 is 0 Å². The third-order valence-electron chi connectivity index (χ3n) is 4.44. The summed E-state index contributed by atoms with van der Waals surface area (Å²) in [6.07, 6.45) is 4.63. The van der Waals surface area contributed by atoms with Gasteiger partial charge in [0, 0.05) is 18.4 Å². The van der Waals surface area contributed by atoms with E-state index in [1.807, 2.05) is 18.2 Å². The average Bonchev–Trinajstić information content (AvgIpc) is 3.05. The van der Waals surface area contributed by atoms with Crippen LogP contribution in [-0.4, -0.2) is 33.2 Å². The van der Waals surface area contributed by atoms with Crippen LogP contribution >= 0.6 is 11.8 Å². The minimum absolute atomic E-state index is 0.0217. The molecular formula is C16H20N2O2S. The van der Waals surface area contributed by atoms with Crippen LogP contribution in [0.2, 0.25) is 0 Å². The van der Waals surface area contributed by atoms with Gasteiger partial charge in [-0.15, -0.1) is 0 Å². The molecule has 0 saturated carbocycles. The smallest absolute Gasteiger partial charge is 0.237 e. The van der Waals surface area contributed by atoms with Crippen molar-refractivity contribution in [1.82, 2.24) is 9.88 Å². The molecule has 2 atom stereocenters. The van der Waals surface area contributed by atoms with Gasteiger partial charge in [0.2, 0.25) is 11.8 Å². The molecule has 5 heteroatoms. The highest BCUT2D eigenvalue weighted by Gasteiger charge is 2.54. The maximum atomic E-state index is 12.9. The summed E-state index contributed by atoms with van der Waals surface area (Å²) < 4.78 is 0. The van der Waals surface area contributed by atoms with E-state index in [-0.39, 0.29) is 17.9 Å². The molecule has 112 valence electrons. The van der Waals surface area contributed by atoms with E-state index in [9.17, 15) is 9.59 Å². The van der Waals surface area contributed by atoms with E-state index in [1.165, 1.54) is 4.90 Å². The predicted molar refractivity (Wildman–Crippen MR) is 82.7 cm³/mol. The van der Waals surface area contributed by atoms with Crippen molar-refractivity contribution in [2.45, 2.75) is 38.6 Å². The van der Waals surface area contributed by atoms with Gasteiger partial charge in [0.25, 0.3) is 0 Å². The minimum atomic E-state index is -0.428. The first-order valence-corrected chi connectivity index (χ1v) is 8.68. The van der Waals surface area contributed by atoms with E-state index < -0.39 is 5.41 Å². The molecule has 0 unspecified atom stereocenters. The summed E-state index contributed by atoms with van der Waals surface area (Å²) >= 11 is 1.78. The fourth-order valence-corrected chi connectivity index (χ4v) is 4.75. The quantitative estimate of drug-likeness (QED) is 0.803. The number of likely N-dealkylation sites (tertiary alicyclic amines) is 1. The van der Waals surface area contributed by atoms with E-state index in [1.54, 1.807) is 18.0 Å². The van der Waals surface area contributed by atoms with Crippen molar-refractivity contribution in [3.8, 4) is 0 Å². The topological polar surface area (TPSA) is 50.3 Å². The lowest BCUT2D eigenvalue weighted by Gasteiger charge is -2.27. The van der Waals surface area contributed by atoms with Crippen molar-refractivity contribution in [2.75, 3.05) is 11.5 Å². The summed E-state index contributed by atoms with van der Waals surface area (Å²) in [5.41, 5.74) is 0.395. The monoisotopic (exact) mass is 304 g/mol. The Bertz CT molecular complexity index is 540. The van der Waals surface area contributed by atoms with Crippen molar-refractivity contribution in [3.05, 3.63) is 30.1 Å². The third kappa shape index (κ3) is 2.48. The second-order valence-corrected chi connectivity index (χ2v) is 6.99. The maximum absolute atomic E-state index is 12.9. The van der Waals surface area contributed by atoms with Crippen LogP contribution in [0.25, 0.3) is 0 Å². The molecule has 4 nitrogen and oxygen atoms in total. The zero-order valence-electron chi connectivity index (χ0n) is 12.2. The first kappa shape index (κ1) is 14.6. The number of hydrogen-bond donors (Lipinski definition) is 0. The van der Waals surface area contributed by atoms with Gasteiger partial charge in [0.1, 0.15) is 0 Å². The number of carbonyl (C=O) groups is 2. The largest absolute Gasteiger partial charge is 0.274 e. The first-order chi connectivity index (χ1) is 10.2. The highest BCUT2D eigenvalue weighted by atomic mass is 32.2. The Labute approximate surface area is 129 Å². The van der Waals surface area contributed by atoms with Gasteiger partial charge in [0.15, 0.2) is 0 Å². The SMILES string of the molecule is CCC[C@@H](c1ccccn1)N1C(=O)C[C@]2(CCSC2)C1=O. The molecule has 3 rings (SSSR count). The number of rotatable bonds is 4. The molecule has 0 aliphatic carbocycles. The molecule has 2 aliphatic rings. The summed E-state index contributed by atoms with van der Waals surface area (Å²) in [7, 11) is 0. The fourth-order valence-electron chi connectivity index (χ4n) is 3.31. The van der Waals surface area contributed by atoms with Gasteiger partial charge in [-0.2, -0.15) is 11.8 Å². The van der Waals surface area contributed by atoms with Gasteiger partial charge in [-0.25, -0.2) is 0 Å². The number of pyridine rings is 1. The Kier molecular flexibility index (Phi) is 4.02. The Balaban J connectivity index is 1.92. The number of amides is 2. The highest BCUT2D eigenvalue weighted by molar-refractivity contribution is 7.99. The van der Waals surface area contributed by atoms with Crippen molar-refractivity contribution < 1.29 is 9.59 Å². The van der Waals surface area contributed by atoms with Gasteiger partial charge in [-0.1, -0.05) is 19.4 Å². The molecule has 2 fully saturated rings. The number of imide groups is 1. The molecule has 0 N–H and O–H groups in total. The summed E-state index contributed by atoms with van der Waals surface area (Å²) in [5.74, 6) is 1.78. The molecule has 2 amide bonds. The number of thioether (sulfide) groups is 1. The van der Waals surface area contributed by atoms with Crippen molar-refractivity contribution in [1.29, 1.82) is 0 Å². The van der Waals surface area contributed by atoms with Crippen LogP contribution in [-0.2, 0) is 9.59 Å². The van der Waals surface area contributed by atoms with Crippen LogP contribution in [0.3, 0.4) is 0 Å². The molecule has 1 spiro atoms. The van der Waals surface area contributed by atoms with Gasteiger partial charge in [-0.3, -0.25) is 19.5 Å². The molecule has 1 aromatic heterocycles. The standard InChI is InChI=1S/C16H20N2O2S/c1-2-5-13(12-6-3-4-8-17-12)18-14(19)10-16(15(18)20)7-9-21-11-16/h3-4,6,8,13H,2,5,7,9-11H2,1H3/t13-,16-/m0/s1. The average molecular weight is 304 g/mol. The fraction of sp³-hybridized carbons (Fsp3) is 0.562. The van der Waals surface area contributed by atoms with Gasteiger partial charge in [0.05, 0.1) is 17.2 Å². The highest BCUT2D eigenvalue weighted by Crippen LogP contribution is 2.47. The van der Waals surface area contributed by atoms with Crippen LogP contribution in [0, 0.1) is 5.41 Å². The normalized spacial score (nSPS) is 26.8. The second kappa shape index (κ2) is 5.79. The summed E-state index contributed by atoms with van der Waals surface area (Å²) in [6.45, 7) is 2.07. The molecule has 0 aromatic carbocycles. The maximum Gasteiger partial charge on any atom is 0.237 e. The Morgan fingerprint density at radius 1 is 1.43 bits per heavy atom. The predicted octanol–water partition coefficient (Wildman–Crippen LogP) is 2.81. The molecular weight excluding hydrogens is 284 g/mol. The van der Waals surface area contributed by atoms with Crippen LogP contribution in [0.5, 0.6) is 0 Å². The van der Waals surface area contributed by atoms with Crippen molar-refractivity contribution in [2.24, 2.45) is 5.41 Å². The van der Waals surface area contributed by atoms with Crippen LogP contribution in [0.4, 0.5) is 0 Å². The Hall–Kier alpha value is -1.36. The van der Waals surface area contributed by atoms with E-state index in [4.69, 9.17) is 0 Å². The van der Waals surface area contributed by atoms with E-state index in [2.05, 4.69) is 11.9 Å². The third-order valence-corrected chi connectivity index (χ3v) is 5.69. The Morgan fingerprint density at radius 3 is 2.90 bits per heavy atom. The molecule has 3 heterocycles. The van der Waals surface area contributed by atoms with Gasteiger partial charge >= 0.3 is 0 Å². The van der Waals surface area contributed by atoms with E-state index in [0.29, 0.717) is 6.42 Å². The summed E-state index contributed by atoms with van der Waals surface area (Å²) in [5, 5.41) is 0. The van der Waals surface area contributed by atoms with Crippen molar-refractivity contribution >= 4 is 23.6 Å². The Morgan fingerprint density at radius 2 is 2.29 bits per heavy atom. The first-order valence-electron chi connectivity index (χ1n) is 7.53. The zero-order chi connectivity index (χ0) is 14.9. The summed E-state index contributed by atoms with van der Waals surface area (Å²) in [6, 6.07) is 5.48. The number of nitrogens with zero attached hydrogens (tertiary/aromatic N) is 2.